The van der Waals surface area contributed by atoms with Crippen molar-refractivity contribution >= 4 is 15.9 Å². The topological polar surface area (TPSA) is 21.3 Å². The van der Waals surface area contributed by atoms with Crippen molar-refractivity contribution in [3.8, 4) is 0 Å². The first-order valence-corrected chi connectivity index (χ1v) is 7.76. The molecule has 4 heteroatoms. The van der Waals surface area contributed by atoms with Crippen LogP contribution in [0.3, 0.4) is 0 Å². The van der Waals surface area contributed by atoms with Crippen LogP contribution in [-0.2, 0) is 4.74 Å². The molecule has 1 aromatic carbocycles. The van der Waals surface area contributed by atoms with Gasteiger partial charge in [0.05, 0.1) is 4.47 Å². The molecule has 0 spiro atoms. The van der Waals surface area contributed by atoms with Gasteiger partial charge in [0, 0.05) is 24.8 Å². The van der Waals surface area contributed by atoms with Gasteiger partial charge in [0.2, 0.25) is 0 Å². The highest BCUT2D eigenvalue weighted by atomic mass is 79.9. The maximum absolute atomic E-state index is 14.2. The van der Waals surface area contributed by atoms with Gasteiger partial charge in [-0.2, -0.15) is 0 Å². The zero-order chi connectivity index (χ0) is 13.7. The summed E-state index contributed by atoms with van der Waals surface area (Å²) >= 11 is 3.27. The molecule has 0 amide bonds. The van der Waals surface area contributed by atoms with Crippen molar-refractivity contribution in [3.05, 3.63) is 34.1 Å². The Balaban J connectivity index is 2.11. The minimum atomic E-state index is -0.138. The Morgan fingerprint density at radius 1 is 1.42 bits per heavy atom. The highest BCUT2D eigenvalue weighted by molar-refractivity contribution is 9.10. The molecule has 1 aliphatic rings. The SMILES string of the molecule is CCNC(CC1CCOCC1)c1cccc(Br)c1F. The number of rotatable bonds is 5. The molecule has 1 heterocycles. The molecule has 0 aromatic heterocycles. The molecular formula is C15H21BrFNO. The van der Waals surface area contributed by atoms with Crippen LogP contribution in [0.1, 0.15) is 37.8 Å². The summed E-state index contributed by atoms with van der Waals surface area (Å²) in [7, 11) is 0. The van der Waals surface area contributed by atoms with Gasteiger partial charge in [-0.1, -0.05) is 19.1 Å². The molecular weight excluding hydrogens is 309 g/mol. The number of ether oxygens (including phenoxy) is 1. The quantitative estimate of drug-likeness (QED) is 0.879. The van der Waals surface area contributed by atoms with Crippen molar-refractivity contribution in [2.24, 2.45) is 5.92 Å². The van der Waals surface area contributed by atoms with Crippen LogP contribution < -0.4 is 5.32 Å². The molecule has 2 nitrogen and oxygen atoms in total. The van der Waals surface area contributed by atoms with Gasteiger partial charge in [-0.25, -0.2) is 4.39 Å². The largest absolute Gasteiger partial charge is 0.381 e. The van der Waals surface area contributed by atoms with Gasteiger partial charge in [0.25, 0.3) is 0 Å². The fourth-order valence-corrected chi connectivity index (χ4v) is 3.05. The van der Waals surface area contributed by atoms with Gasteiger partial charge in [0.15, 0.2) is 0 Å². The summed E-state index contributed by atoms with van der Waals surface area (Å²) in [5.74, 6) is 0.483. The van der Waals surface area contributed by atoms with E-state index in [1.807, 2.05) is 12.1 Å². The van der Waals surface area contributed by atoms with Gasteiger partial charge >= 0.3 is 0 Å². The average molecular weight is 330 g/mol. The molecule has 1 atom stereocenters. The van der Waals surface area contributed by atoms with Crippen molar-refractivity contribution in [3.63, 3.8) is 0 Å². The summed E-state index contributed by atoms with van der Waals surface area (Å²) in [6.07, 6.45) is 3.14. The lowest BCUT2D eigenvalue weighted by Gasteiger charge is -2.27. The van der Waals surface area contributed by atoms with E-state index in [0.717, 1.165) is 44.6 Å². The third-order valence-corrected chi connectivity index (χ3v) is 4.33. The lowest BCUT2D eigenvalue weighted by atomic mass is 9.89. The van der Waals surface area contributed by atoms with Gasteiger partial charge < -0.3 is 10.1 Å². The third-order valence-electron chi connectivity index (χ3n) is 3.72. The summed E-state index contributed by atoms with van der Waals surface area (Å²) in [6.45, 7) is 4.58. The van der Waals surface area contributed by atoms with E-state index in [9.17, 15) is 4.39 Å². The normalized spacial score (nSPS) is 18.5. The van der Waals surface area contributed by atoms with E-state index in [0.29, 0.717) is 10.4 Å². The first-order chi connectivity index (χ1) is 9.22. The Bertz CT molecular complexity index is 407. The zero-order valence-electron chi connectivity index (χ0n) is 11.3. The molecule has 1 aliphatic heterocycles. The first kappa shape index (κ1) is 14.9. The number of halogens is 2. The lowest BCUT2D eigenvalue weighted by molar-refractivity contribution is 0.0604. The maximum atomic E-state index is 14.2. The van der Waals surface area contributed by atoms with E-state index < -0.39 is 0 Å². The van der Waals surface area contributed by atoms with Crippen molar-refractivity contribution in [2.75, 3.05) is 19.8 Å². The summed E-state index contributed by atoms with van der Waals surface area (Å²) in [6, 6.07) is 5.62. The van der Waals surface area contributed by atoms with E-state index in [1.165, 1.54) is 0 Å². The molecule has 1 aromatic rings. The van der Waals surface area contributed by atoms with Crippen molar-refractivity contribution in [2.45, 2.75) is 32.2 Å². The maximum Gasteiger partial charge on any atom is 0.142 e. The monoisotopic (exact) mass is 329 g/mol. The van der Waals surface area contributed by atoms with Gasteiger partial charge in [0.1, 0.15) is 5.82 Å². The molecule has 1 N–H and O–H groups in total. The minimum absolute atomic E-state index is 0.0885. The summed E-state index contributed by atoms with van der Waals surface area (Å²) < 4.78 is 20.1. The van der Waals surface area contributed by atoms with Gasteiger partial charge in [-0.15, -0.1) is 0 Å². The summed E-state index contributed by atoms with van der Waals surface area (Å²) in [5, 5.41) is 3.41. The molecule has 0 radical (unpaired) electrons. The number of hydrogen-bond acceptors (Lipinski definition) is 2. The van der Waals surface area contributed by atoms with Crippen molar-refractivity contribution in [1.82, 2.24) is 5.32 Å². The van der Waals surface area contributed by atoms with Crippen molar-refractivity contribution in [1.29, 1.82) is 0 Å². The Kier molecular flexibility index (Phi) is 5.79. The highest BCUT2D eigenvalue weighted by Crippen LogP contribution is 2.31. The number of hydrogen-bond donors (Lipinski definition) is 1. The van der Waals surface area contributed by atoms with E-state index in [2.05, 4.69) is 28.2 Å². The fourth-order valence-electron chi connectivity index (χ4n) is 2.67. The summed E-state index contributed by atoms with van der Waals surface area (Å²) in [5.41, 5.74) is 0.766. The van der Waals surface area contributed by atoms with Crippen LogP contribution in [0.4, 0.5) is 4.39 Å². The number of nitrogens with one attached hydrogen (secondary N) is 1. The minimum Gasteiger partial charge on any atom is -0.381 e. The van der Waals surface area contributed by atoms with Crippen LogP contribution in [0, 0.1) is 11.7 Å². The lowest BCUT2D eigenvalue weighted by Crippen LogP contribution is -2.27. The first-order valence-electron chi connectivity index (χ1n) is 6.97. The Morgan fingerprint density at radius 3 is 2.84 bits per heavy atom. The predicted molar refractivity (Wildman–Crippen MR) is 78.7 cm³/mol. The molecule has 0 bridgehead atoms. The molecule has 1 unspecified atom stereocenters. The smallest absolute Gasteiger partial charge is 0.142 e. The van der Waals surface area contributed by atoms with Crippen LogP contribution in [-0.4, -0.2) is 19.8 Å². The molecule has 1 saturated heterocycles. The Labute approximate surface area is 122 Å². The van der Waals surface area contributed by atoms with E-state index >= 15 is 0 Å². The molecule has 0 saturated carbocycles. The van der Waals surface area contributed by atoms with Gasteiger partial charge in [-0.05, 0) is 53.7 Å². The van der Waals surface area contributed by atoms with Crippen molar-refractivity contribution < 1.29 is 9.13 Å². The Hall–Kier alpha value is -0.450. The second-order valence-electron chi connectivity index (χ2n) is 5.04. The van der Waals surface area contributed by atoms with Gasteiger partial charge in [-0.3, -0.25) is 0 Å². The molecule has 0 aliphatic carbocycles. The van der Waals surface area contributed by atoms with Crippen LogP contribution in [0.15, 0.2) is 22.7 Å². The van der Waals surface area contributed by atoms with Crippen LogP contribution in [0.2, 0.25) is 0 Å². The second-order valence-corrected chi connectivity index (χ2v) is 5.90. The fraction of sp³-hybridized carbons (Fsp3) is 0.600. The molecule has 19 heavy (non-hydrogen) atoms. The standard InChI is InChI=1S/C15H21BrFNO/c1-2-18-14(10-11-6-8-19-9-7-11)12-4-3-5-13(16)15(12)17/h3-5,11,14,18H,2,6-10H2,1H3. The second kappa shape index (κ2) is 7.36. The molecule has 1 fully saturated rings. The molecule has 2 rings (SSSR count). The highest BCUT2D eigenvalue weighted by Gasteiger charge is 2.22. The van der Waals surface area contributed by atoms with Crippen LogP contribution in [0.5, 0.6) is 0 Å². The average Bonchev–Trinajstić information content (AvgIpc) is 2.43. The summed E-state index contributed by atoms with van der Waals surface area (Å²) in [4.78, 5) is 0. The van der Waals surface area contributed by atoms with Crippen LogP contribution >= 0.6 is 15.9 Å². The zero-order valence-corrected chi connectivity index (χ0v) is 12.9. The van der Waals surface area contributed by atoms with E-state index in [-0.39, 0.29) is 11.9 Å². The van der Waals surface area contributed by atoms with Crippen LogP contribution in [0.25, 0.3) is 0 Å². The third kappa shape index (κ3) is 4.01. The van der Waals surface area contributed by atoms with E-state index in [1.54, 1.807) is 6.07 Å². The predicted octanol–water partition coefficient (Wildman–Crippen LogP) is 4.06. The number of benzene rings is 1. The Morgan fingerprint density at radius 2 is 2.16 bits per heavy atom. The molecule has 106 valence electrons. The van der Waals surface area contributed by atoms with E-state index in [4.69, 9.17) is 4.74 Å².